The molecule has 6 nitrogen and oxygen atoms in total. The summed E-state index contributed by atoms with van der Waals surface area (Å²) in [6.45, 7) is 6.29. The molecule has 1 unspecified atom stereocenters. The van der Waals surface area contributed by atoms with Gasteiger partial charge in [0.1, 0.15) is 13.2 Å². The highest BCUT2D eigenvalue weighted by molar-refractivity contribution is 5.71. The fourth-order valence-electron chi connectivity index (χ4n) is 8.31. The first-order valence-corrected chi connectivity index (χ1v) is 32.0. The lowest BCUT2D eigenvalue weighted by molar-refractivity contribution is -0.166. The summed E-state index contributed by atoms with van der Waals surface area (Å²) in [5, 5.41) is 0. The first-order valence-electron chi connectivity index (χ1n) is 32.0. The van der Waals surface area contributed by atoms with Gasteiger partial charge < -0.3 is 14.2 Å². The Bertz CT molecular complexity index is 1780. The lowest BCUT2D eigenvalue weighted by atomic mass is 10.0. The average molecular weight is 1090 g/mol. The van der Waals surface area contributed by atoms with Crippen molar-refractivity contribution in [2.75, 3.05) is 13.2 Å². The van der Waals surface area contributed by atoms with Gasteiger partial charge in [0.25, 0.3) is 0 Å². The van der Waals surface area contributed by atoms with Crippen LogP contribution in [0, 0.1) is 0 Å². The van der Waals surface area contributed by atoms with Gasteiger partial charge in [-0.1, -0.05) is 281 Å². The molecular weight excluding hydrogens is 973 g/mol. The molecule has 6 heteroatoms. The van der Waals surface area contributed by atoms with Crippen molar-refractivity contribution < 1.29 is 28.6 Å². The second kappa shape index (κ2) is 65.5. The van der Waals surface area contributed by atoms with E-state index in [-0.39, 0.29) is 38.0 Å². The molecule has 0 aliphatic carbocycles. The SMILES string of the molecule is CC/C=C\C/C=C\C/C=C\C/C=C\C/C=C\C/C=C\CCC(=O)OCC(COC(=O)CCCCCCCCCCCCC/C=C\CCCCCCCCCC)OC(=O)CC/C=C\C/C=C\C/C=C\C/C=C\C/C=C\C/C=C\CC. The van der Waals surface area contributed by atoms with Crippen molar-refractivity contribution in [2.45, 2.75) is 271 Å². The maximum Gasteiger partial charge on any atom is 0.306 e. The monoisotopic (exact) mass is 1090 g/mol. The van der Waals surface area contributed by atoms with Gasteiger partial charge in [0, 0.05) is 19.3 Å². The number of carbonyl (C=O) groups is 3. The van der Waals surface area contributed by atoms with Gasteiger partial charge in [-0.15, -0.1) is 0 Å². The van der Waals surface area contributed by atoms with Crippen LogP contribution in [-0.2, 0) is 28.6 Å². The van der Waals surface area contributed by atoms with Crippen LogP contribution in [0.1, 0.15) is 265 Å². The van der Waals surface area contributed by atoms with Gasteiger partial charge in [-0.3, -0.25) is 14.4 Å². The molecule has 0 aliphatic heterocycles. The van der Waals surface area contributed by atoms with Gasteiger partial charge >= 0.3 is 17.9 Å². The topological polar surface area (TPSA) is 78.9 Å². The molecule has 0 spiro atoms. The van der Waals surface area contributed by atoms with Crippen LogP contribution < -0.4 is 0 Å². The number of allylic oxidation sites excluding steroid dienone is 26. The van der Waals surface area contributed by atoms with E-state index in [1.165, 1.54) is 116 Å². The normalized spacial score (nSPS) is 13.2. The molecule has 444 valence electrons. The Hall–Kier alpha value is -4.97. The number of carbonyl (C=O) groups excluding carboxylic acids is 3. The minimum Gasteiger partial charge on any atom is -0.462 e. The van der Waals surface area contributed by atoms with E-state index < -0.39 is 12.1 Å². The summed E-state index contributed by atoms with van der Waals surface area (Å²) >= 11 is 0. The molecule has 79 heavy (non-hydrogen) atoms. The Morgan fingerprint density at radius 2 is 0.519 bits per heavy atom. The molecule has 0 saturated heterocycles. The highest BCUT2D eigenvalue weighted by atomic mass is 16.6. The van der Waals surface area contributed by atoms with Crippen molar-refractivity contribution in [1.29, 1.82) is 0 Å². The quantitative estimate of drug-likeness (QED) is 0.0261. The fraction of sp³-hybridized carbons (Fsp3) is 0.603. The van der Waals surface area contributed by atoms with Crippen LogP contribution >= 0.6 is 0 Å². The van der Waals surface area contributed by atoms with Gasteiger partial charge in [0.05, 0.1) is 0 Å². The fourth-order valence-corrected chi connectivity index (χ4v) is 8.31. The highest BCUT2D eigenvalue weighted by Crippen LogP contribution is 2.15. The zero-order valence-corrected chi connectivity index (χ0v) is 50.8. The molecule has 0 N–H and O–H groups in total. The summed E-state index contributed by atoms with van der Waals surface area (Å²) in [6, 6.07) is 0. The highest BCUT2D eigenvalue weighted by Gasteiger charge is 2.19. The number of rotatable bonds is 56. The van der Waals surface area contributed by atoms with Crippen molar-refractivity contribution in [3.8, 4) is 0 Å². The van der Waals surface area contributed by atoms with E-state index in [9.17, 15) is 14.4 Å². The summed E-state index contributed by atoms with van der Waals surface area (Å²) in [6.07, 6.45) is 95.6. The van der Waals surface area contributed by atoms with Crippen LogP contribution in [0.4, 0.5) is 0 Å². The third-order valence-electron chi connectivity index (χ3n) is 13.0. The van der Waals surface area contributed by atoms with Gasteiger partial charge in [-0.05, 0) is 122 Å². The van der Waals surface area contributed by atoms with E-state index in [0.29, 0.717) is 19.3 Å². The third-order valence-corrected chi connectivity index (χ3v) is 13.0. The van der Waals surface area contributed by atoms with Crippen LogP contribution in [0.3, 0.4) is 0 Å². The van der Waals surface area contributed by atoms with Crippen molar-refractivity contribution in [2.24, 2.45) is 0 Å². The zero-order valence-electron chi connectivity index (χ0n) is 50.8. The maximum atomic E-state index is 12.9. The summed E-state index contributed by atoms with van der Waals surface area (Å²) in [4.78, 5) is 38.3. The van der Waals surface area contributed by atoms with E-state index in [0.717, 1.165) is 96.3 Å². The third kappa shape index (κ3) is 63.7. The maximum absolute atomic E-state index is 12.9. The second-order valence-electron chi connectivity index (χ2n) is 20.5. The van der Waals surface area contributed by atoms with Gasteiger partial charge in [0.2, 0.25) is 0 Å². The van der Waals surface area contributed by atoms with E-state index in [2.05, 4.69) is 154 Å². The second-order valence-corrected chi connectivity index (χ2v) is 20.5. The van der Waals surface area contributed by atoms with E-state index in [4.69, 9.17) is 14.2 Å². The molecule has 0 rings (SSSR count). The lowest BCUT2D eigenvalue weighted by Crippen LogP contribution is -2.30. The summed E-state index contributed by atoms with van der Waals surface area (Å²) in [5.74, 6) is -1.11. The number of esters is 3. The van der Waals surface area contributed by atoms with Crippen LogP contribution in [-0.4, -0.2) is 37.2 Å². The number of hydrogen-bond donors (Lipinski definition) is 0. The molecule has 0 aromatic carbocycles. The van der Waals surface area contributed by atoms with Crippen molar-refractivity contribution in [3.63, 3.8) is 0 Å². The molecule has 0 amide bonds. The molecule has 0 aromatic rings. The molecule has 1 atom stereocenters. The first kappa shape index (κ1) is 74.0. The van der Waals surface area contributed by atoms with E-state index in [1.807, 2.05) is 24.3 Å². The largest absolute Gasteiger partial charge is 0.462 e. The minimum absolute atomic E-state index is 0.138. The van der Waals surface area contributed by atoms with Crippen LogP contribution in [0.5, 0.6) is 0 Å². The minimum atomic E-state index is -0.859. The Balaban J connectivity index is 4.57. The predicted molar refractivity (Wildman–Crippen MR) is 343 cm³/mol. The summed E-state index contributed by atoms with van der Waals surface area (Å²) < 4.78 is 16.8. The van der Waals surface area contributed by atoms with Crippen molar-refractivity contribution in [3.05, 3.63) is 158 Å². The van der Waals surface area contributed by atoms with Gasteiger partial charge in [0.15, 0.2) is 6.10 Å². The molecular formula is C73H116O6. The molecule has 0 saturated carbocycles. The Morgan fingerprint density at radius 1 is 0.266 bits per heavy atom. The van der Waals surface area contributed by atoms with Gasteiger partial charge in [-0.2, -0.15) is 0 Å². The van der Waals surface area contributed by atoms with Crippen molar-refractivity contribution in [1.82, 2.24) is 0 Å². The van der Waals surface area contributed by atoms with Crippen LogP contribution in [0.2, 0.25) is 0 Å². The first-order chi connectivity index (χ1) is 39.0. The molecule has 0 radical (unpaired) electrons. The molecule has 0 fully saturated rings. The summed E-state index contributed by atoms with van der Waals surface area (Å²) in [7, 11) is 0. The average Bonchev–Trinajstić information content (AvgIpc) is 3.45. The number of hydrogen-bond acceptors (Lipinski definition) is 6. The van der Waals surface area contributed by atoms with E-state index in [1.54, 1.807) is 0 Å². The number of unbranched alkanes of at least 4 members (excludes halogenated alkanes) is 19. The lowest BCUT2D eigenvalue weighted by Gasteiger charge is -2.18. The standard InChI is InChI=1S/C73H116O6/c1-4-7-10-13-16-19-22-25-28-31-34-35-36-37-40-42-45-48-51-54-57-60-63-66-72(75)78-69-70(79-73(76)67-64-61-58-55-52-49-46-43-39-33-30-27-24-21-18-15-12-9-6-3)68-77-71(74)65-62-59-56-53-50-47-44-41-38-32-29-26-23-20-17-14-11-8-5-2/h8-9,11-12,17-18,20-21,26-27,29-31,34,38-39,41,43,47,49-50,52,56,58-59,61,70H,4-7,10,13-16,19,22-25,28,32-33,35-37,40,42,44-46,48,51,53-55,57,60,62-69H2,1-3H3/b11-8-,12-9-,20-17-,21-18-,29-26-,30-27-,34-31-,41-38-,43-39-,50-47-,52-49-,59-56-,61-58-. The summed E-state index contributed by atoms with van der Waals surface area (Å²) in [5.41, 5.74) is 0. The predicted octanol–water partition coefficient (Wildman–Crippen LogP) is 22.1. The molecule has 0 aliphatic rings. The number of ether oxygens (including phenoxy) is 3. The molecule has 0 heterocycles. The van der Waals surface area contributed by atoms with E-state index >= 15 is 0 Å². The Morgan fingerprint density at radius 3 is 0.848 bits per heavy atom. The van der Waals surface area contributed by atoms with Crippen LogP contribution in [0.15, 0.2) is 158 Å². The Labute approximate surface area is 486 Å². The smallest absolute Gasteiger partial charge is 0.306 e. The van der Waals surface area contributed by atoms with Crippen molar-refractivity contribution >= 4 is 17.9 Å². The molecule has 0 aromatic heterocycles. The molecule has 0 bridgehead atoms. The van der Waals surface area contributed by atoms with Crippen LogP contribution in [0.25, 0.3) is 0 Å². The Kier molecular flexibility index (Phi) is 61.4. The van der Waals surface area contributed by atoms with Gasteiger partial charge in [-0.25, -0.2) is 0 Å². The zero-order chi connectivity index (χ0) is 57.1.